The number of amidine groups is 1. The fraction of sp³-hybridized carbons (Fsp3) is 0.348. The number of amides is 1. The van der Waals surface area contributed by atoms with E-state index in [0.29, 0.717) is 24.7 Å². The van der Waals surface area contributed by atoms with Gasteiger partial charge in [0.1, 0.15) is 5.75 Å². The molecule has 1 aromatic heterocycles. The van der Waals surface area contributed by atoms with Gasteiger partial charge in [0.25, 0.3) is 5.91 Å². The Morgan fingerprint density at radius 3 is 2.67 bits per heavy atom. The average molecular weight is 424 g/mol. The lowest BCUT2D eigenvalue weighted by Crippen LogP contribution is -2.38. The maximum absolute atomic E-state index is 12.2. The van der Waals surface area contributed by atoms with Crippen LogP contribution < -0.4 is 4.74 Å². The van der Waals surface area contributed by atoms with Crippen LogP contribution in [0.1, 0.15) is 23.7 Å². The molecular formula is C23H25N3O3S. The molecule has 1 aromatic carbocycles. The van der Waals surface area contributed by atoms with E-state index in [9.17, 15) is 4.79 Å². The first-order chi connectivity index (χ1) is 14.7. The summed E-state index contributed by atoms with van der Waals surface area (Å²) >= 11 is 1.43. The number of aromatic nitrogens is 1. The summed E-state index contributed by atoms with van der Waals surface area (Å²) in [6.45, 7) is 5.59. The van der Waals surface area contributed by atoms with Gasteiger partial charge in [-0.1, -0.05) is 25.1 Å². The molecule has 6 nitrogen and oxygen atoms in total. The molecule has 0 saturated carbocycles. The number of rotatable bonds is 6. The number of aryl methyl sites for hydroxylation is 1. The Labute approximate surface area is 181 Å². The van der Waals surface area contributed by atoms with E-state index in [0.717, 1.165) is 48.1 Å². The third-order valence-corrected chi connectivity index (χ3v) is 6.03. The van der Waals surface area contributed by atoms with Gasteiger partial charge in [-0.05, 0) is 53.6 Å². The molecule has 3 heterocycles. The standard InChI is InChI=1S/C23H25N3O3S/c1-2-17-3-6-19(24-16-17)9-12-29-20-7-4-18(5-8-20)15-21-22(27)25-23(30-21)26-10-13-28-14-11-26/h3-8,15-16H,2,9-14H2,1H3. The average Bonchev–Trinajstić information content (AvgIpc) is 3.16. The topological polar surface area (TPSA) is 64.0 Å². The molecule has 4 rings (SSSR count). The number of carbonyl (C=O) groups excluding carboxylic acids is 1. The van der Waals surface area contributed by atoms with Crippen molar-refractivity contribution in [1.29, 1.82) is 0 Å². The lowest BCUT2D eigenvalue weighted by molar-refractivity contribution is -0.113. The fourth-order valence-corrected chi connectivity index (χ4v) is 4.15. The summed E-state index contributed by atoms with van der Waals surface area (Å²) in [5, 5.41) is 0.773. The molecule has 1 amide bonds. The molecule has 0 atom stereocenters. The van der Waals surface area contributed by atoms with E-state index in [-0.39, 0.29) is 5.91 Å². The second-order valence-corrected chi connectivity index (χ2v) is 8.10. The smallest absolute Gasteiger partial charge is 0.286 e. The minimum Gasteiger partial charge on any atom is -0.493 e. The Kier molecular flexibility index (Phi) is 6.81. The van der Waals surface area contributed by atoms with Crippen LogP contribution in [-0.4, -0.2) is 53.9 Å². The molecule has 0 radical (unpaired) electrons. The molecule has 2 aliphatic rings. The molecule has 0 spiro atoms. The number of ether oxygens (including phenoxy) is 2. The number of pyridine rings is 1. The molecular weight excluding hydrogens is 398 g/mol. The van der Waals surface area contributed by atoms with Gasteiger partial charge in [0.2, 0.25) is 0 Å². The van der Waals surface area contributed by atoms with Crippen molar-refractivity contribution in [2.24, 2.45) is 4.99 Å². The van der Waals surface area contributed by atoms with E-state index in [1.165, 1.54) is 17.3 Å². The zero-order valence-electron chi connectivity index (χ0n) is 17.0. The van der Waals surface area contributed by atoms with E-state index < -0.39 is 0 Å². The number of aliphatic imine (C=N–C) groups is 1. The third kappa shape index (κ3) is 5.29. The van der Waals surface area contributed by atoms with Crippen molar-refractivity contribution in [3.05, 3.63) is 64.3 Å². The second kappa shape index (κ2) is 9.91. The fourth-order valence-electron chi connectivity index (χ4n) is 3.19. The summed E-state index contributed by atoms with van der Waals surface area (Å²) in [7, 11) is 0. The van der Waals surface area contributed by atoms with Crippen LogP contribution in [0, 0.1) is 0 Å². The number of nitrogens with zero attached hydrogens (tertiary/aromatic N) is 3. The largest absolute Gasteiger partial charge is 0.493 e. The molecule has 30 heavy (non-hydrogen) atoms. The van der Waals surface area contributed by atoms with E-state index in [1.807, 2.05) is 36.5 Å². The zero-order valence-corrected chi connectivity index (χ0v) is 17.9. The number of thioether (sulfide) groups is 1. The van der Waals surface area contributed by atoms with Crippen LogP contribution >= 0.6 is 11.8 Å². The van der Waals surface area contributed by atoms with Gasteiger partial charge in [-0.25, -0.2) is 0 Å². The SMILES string of the molecule is CCc1ccc(CCOc2ccc(C=C3SC(N4CCOCC4)=NC3=O)cc2)nc1. The Balaban J connectivity index is 1.29. The van der Waals surface area contributed by atoms with Crippen molar-refractivity contribution in [2.45, 2.75) is 19.8 Å². The van der Waals surface area contributed by atoms with Crippen LogP contribution in [-0.2, 0) is 22.4 Å². The molecule has 0 bridgehead atoms. The highest BCUT2D eigenvalue weighted by Crippen LogP contribution is 2.30. The van der Waals surface area contributed by atoms with Crippen LogP contribution in [0.25, 0.3) is 6.08 Å². The number of hydrogen-bond donors (Lipinski definition) is 0. The quantitative estimate of drug-likeness (QED) is 0.662. The van der Waals surface area contributed by atoms with Gasteiger partial charge in [0.05, 0.1) is 24.7 Å². The van der Waals surface area contributed by atoms with Crippen LogP contribution in [0.2, 0.25) is 0 Å². The van der Waals surface area contributed by atoms with Crippen molar-refractivity contribution in [2.75, 3.05) is 32.9 Å². The molecule has 2 aromatic rings. The van der Waals surface area contributed by atoms with Crippen LogP contribution in [0.5, 0.6) is 5.75 Å². The number of hydrogen-bond acceptors (Lipinski definition) is 6. The van der Waals surface area contributed by atoms with Crippen molar-refractivity contribution in [3.8, 4) is 5.75 Å². The maximum Gasteiger partial charge on any atom is 0.286 e. The molecule has 156 valence electrons. The molecule has 0 N–H and O–H groups in total. The summed E-state index contributed by atoms with van der Waals surface area (Å²) in [5.74, 6) is 0.626. The van der Waals surface area contributed by atoms with Crippen LogP contribution in [0.3, 0.4) is 0 Å². The first-order valence-electron chi connectivity index (χ1n) is 10.2. The Morgan fingerprint density at radius 2 is 1.97 bits per heavy atom. The summed E-state index contributed by atoms with van der Waals surface area (Å²) in [5.41, 5.74) is 3.22. The van der Waals surface area contributed by atoms with E-state index >= 15 is 0 Å². The number of carbonyl (C=O) groups is 1. The van der Waals surface area contributed by atoms with Crippen molar-refractivity contribution in [1.82, 2.24) is 9.88 Å². The normalized spacial score (nSPS) is 18.0. The van der Waals surface area contributed by atoms with E-state index in [2.05, 4.69) is 33.9 Å². The lowest BCUT2D eigenvalue weighted by Gasteiger charge is -2.27. The number of morpholine rings is 1. The van der Waals surface area contributed by atoms with Gasteiger partial charge in [-0.15, -0.1) is 0 Å². The highest BCUT2D eigenvalue weighted by atomic mass is 32.2. The van der Waals surface area contributed by atoms with Crippen molar-refractivity contribution < 1.29 is 14.3 Å². The van der Waals surface area contributed by atoms with Crippen LogP contribution in [0.4, 0.5) is 0 Å². The van der Waals surface area contributed by atoms with Gasteiger partial charge < -0.3 is 14.4 Å². The predicted molar refractivity (Wildman–Crippen MR) is 120 cm³/mol. The third-order valence-electron chi connectivity index (χ3n) is 4.99. The van der Waals surface area contributed by atoms with Gasteiger partial charge in [-0.3, -0.25) is 9.78 Å². The monoisotopic (exact) mass is 423 g/mol. The van der Waals surface area contributed by atoms with Crippen molar-refractivity contribution >= 4 is 28.9 Å². The molecule has 2 aliphatic heterocycles. The number of benzene rings is 1. The van der Waals surface area contributed by atoms with Crippen LogP contribution in [0.15, 0.2) is 52.5 Å². The highest BCUT2D eigenvalue weighted by molar-refractivity contribution is 8.18. The predicted octanol–water partition coefficient (Wildman–Crippen LogP) is 3.57. The first-order valence-corrected chi connectivity index (χ1v) is 11.0. The minimum absolute atomic E-state index is 0.177. The molecule has 1 fully saturated rings. The Hall–Kier alpha value is -2.64. The van der Waals surface area contributed by atoms with Gasteiger partial charge in [-0.2, -0.15) is 4.99 Å². The molecule has 0 unspecified atom stereocenters. The van der Waals surface area contributed by atoms with Gasteiger partial charge in [0, 0.05) is 31.4 Å². The summed E-state index contributed by atoms with van der Waals surface area (Å²) in [6, 6.07) is 11.9. The van der Waals surface area contributed by atoms with E-state index in [1.54, 1.807) is 0 Å². The minimum atomic E-state index is -0.177. The summed E-state index contributed by atoms with van der Waals surface area (Å²) in [4.78, 5) is 23.7. The molecule has 0 aliphatic carbocycles. The lowest BCUT2D eigenvalue weighted by atomic mass is 10.2. The van der Waals surface area contributed by atoms with Gasteiger partial charge in [0.15, 0.2) is 5.17 Å². The maximum atomic E-state index is 12.2. The summed E-state index contributed by atoms with van der Waals surface area (Å²) in [6.07, 6.45) is 5.57. The highest BCUT2D eigenvalue weighted by Gasteiger charge is 2.27. The Bertz CT molecular complexity index is 933. The van der Waals surface area contributed by atoms with Crippen molar-refractivity contribution in [3.63, 3.8) is 0 Å². The summed E-state index contributed by atoms with van der Waals surface area (Å²) < 4.78 is 11.2. The Morgan fingerprint density at radius 1 is 1.17 bits per heavy atom. The molecule has 1 saturated heterocycles. The zero-order chi connectivity index (χ0) is 20.8. The van der Waals surface area contributed by atoms with Gasteiger partial charge >= 0.3 is 0 Å². The van der Waals surface area contributed by atoms with E-state index in [4.69, 9.17) is 9.47 Å². The first kappa shape index (κ1) is 20.6. The molecule has 7 heteroatoms. The second-order valence-electron chi connectivity index (χ2n) is 7.09.